The van der Waals surface area contributed by atoms with Gasteiger partial charge in [0.1, 0.15) is 0 Å². The molecule has 0 saturated heterocycles. The van der Waals surface area contributed by atoms with E-state index in [0.717, 1.165) is 24.1 Å². The molecular weight excluding hydrogens is 394 g/mol. The van der Waals surface area contributed by atoms with Crippen LogP contribution in [-0.2, 0) is 11.3 Å². The number of benzene rings is 1. The minimum Gasteiger partial charge on any atom is -0.341 e. The fourth-order valence-corrected chi connectivity index (χ4v) is 4.09. The summed E-state index contributed by atoms with van der Waals surface area (Å²) in [5, 5.41) is 9.72. The fourth-order valence-electron chi connectivity index (χ4n) is 3.24. The van der Waals surface area contributed by atoms with Gasteiger partial charge in [0.05, 0.1) is 18.3 Å². The maximum Gasteiger partial charge on any atom is 0.233 e. The number of nitrogens with zero attached hydrogens (tertiary/aromatic N) is 5. The summed E-state index contributed by atoms with van der Waals surface area (Å²) in [4.78, 5) is 17.1. The molecule has 0 aliphatic rings. The maximum atomic E-state index is 12.9. The van der Waals surface area contributed by atoms with E-state index in [1.54, 1.807) is 0 Å². The second-order valence-electron chi connectivity index (χ2n) is 8.93. The van der Waals surface area contributed by atoms with Crippen LogP contribution in [0, 0.1) is 11.8 Å². The van der Waals surface area contributed by atoms with Crippen LogP contribution < -0.4 is 0 Å². The minimum atomic E-state index is 0.129. The molecule has 0 saturated carbocycles. The standard InChI is InChI=1S/C23H37N5OS/c1-17(2)13-27(14-18(3)4)21(29)16-30-23-25-24-22(19(5)26(6)7)28(23)15-20-11-9-8-10-12-20/h8-12,17-19H,13-16H2,1-7H3/t19-/m1/s1. The number of hydrogen-bond acceptors (Lipinski definition) is 5. The lowest BCUT2D eigenvalue weighted by Crippen LogP contribution is -2.38. The van der Waals surface area contributed by atoms with Crippen molar-refractivity contribution in [3.63, 3.8) is 0 Å². The van der Waals surface area contributed by atoms with Gasteiger partial charge in [-0.1, -0.05) is 69.8 Å². The highest BCUT2D eigenvalue weighted by molar-refractivity contribution is 7.99. The van der Waals surface area contributed by atoms with E-state index in [2.05, 4.69) is 66.4 Å². The van der Waals surface area contributed by atoms with Gasteiger partial charge in [-0.25, -0.2) is 0 Å². The number of aromatic nitrogens is 3. The van der Waals surface area contributed by atoms with Gasteiger partial charge >= 0.3 is 0 Å². The molecule has 0 radical (unpaired) electrons. The highest BCUT2D eigenvalue weighted by Crippen LogP contribution is 2.24. The monoisotopic (exact) mass is 431 g/mol. The first kappa shape index (κ1) is 24.4. The molecule has 1 aromatic heterocycles. The van der Waals surface area contributed by atoms with Gasteiger partial charge in [0.2, 0.25) is 5.91 Å². The normalized spacial score (nSPS) is 12.7. The van der Waals surface area contributed by atoms with Crippen LogP contribution in [0.5, 0.6) is 0 Å². The largest absolute Gasteiger partial charge is 0.341 e. The van der Waals surface area contributed by atoms with E-state index in [-0.39, 0.29) is 11.9 Å². The van der Waals surface area contributed by atoms with Gasteiger partial charge in [-0.15, -0.1) is 10.2 Å². The first-order valence-corrected chi connectivity index (χ1v) is 11.7. The summed E-state index contributed by atoms with van der Waals surface area (Å²) < 4.78 is 2.15. The van der Waals surface area contributed by atoms with Crippen LogP contribution in [-0.4, -0.2) is 63.4 Å². The molecule has 30 heavy (non-hydrogen) atoms. The van der Waals surface area contributed by atoms with E-state index >= 15 is 0 Å². The second-order valence-corrected chi connectivity index (χ2v) is 9.87. The minimum absolute atomic E-state index is 0.129. The highest BCUT2D eigenvalue weighted by atomic mass is 32.2. The Labute approximate surface area is 186 Å². The first-order valence-electron chi connectivity index (χ1n) is 10.7. The molecule has 0 aliphatic carbocycles. The molecule has 2 rings (SSSR count). The molecule has 1 heterocycles. The summed E-state index contributed by atoms with van der Waals surface area (Å²) in [6, 6.07) is 10.4. The third-order valence-corrected chi connectivity index (χ3v) is 5.88. The molecule has 7 heteroatoms. The van der Waals surface area contributed by atoms with Gasteiger partial charge in [-0.05, 0) is 38.4 Å². The van der Waals surface area contributed by atoms with Gasteiger partial charge in [0, 0.05) is 13.1 Å². The number of hydrogen-bond donors (Lipinski definition) is 0. The Morgan fingerprint density at radius 1 is 1.00 bits per heavy atom. The van der Waals surface area contributed by atoms with Crippen LogP contribution in [0.3, 0.4) is 0 Å². The molecular formula is C23H37N5OS. The summed E-state index contributed by atoms with van der Waals surface area (Å²) in [6.45, 7) is 13.0. The predicted molar refractivity (Wildman–Crippen MR) is 125 cm³/mol. The van der Waals surface area contributed by atoms with Crippen LogP contribution >= 0.6 is 11.8 Å². The number of carbonyl (C=O) groups is 1. The lowest BCUT2D eigenvalue weighted by Gasteiger charge is -2.26. The van der Waals surface area contributed by atoms with E-state index in [0.29, 0.717) is 24.1 Å². The van der Waals surface area contributed by atoms with Gasteiger partial charge in [0.15, 0.2) is 11.0 Å². The first-order chi connectivity index (χ1) is 14.2. The molecule has 2 aromatic rings. The van der Waals surface area contributed by atoms with Crippen LogP contribution in [0.1, 0.15) is 52.0 Å². The zero-order valence-electron chi connectivity index (χ0n) is 19.5. The average molecular weight is 432 g/mol. The van der Waals surface area contributed by atoms with Crippen molar-refractivity contribution in [1.82, 2.24) is 24.6 Å². The quantitative estimate of drug-likeness (QED) is 0.500. The molecule has 1 amide bonds. The Hall–Kier alpha value is -1.86. The van der Waals surface area contributed by atoms with Crippen molar-refractivity contribution in [1.29, 1.82) is 0 Å². The van der Waals surface area contributed by atoms with E-state index < -0.39 is 0 Å². The Balaban J connectivity index is 2.20. The number of rotatable bonds is 11. The number of thioether (sulfide) groups is 1. The smallest absolute Gasteiger partial charge is 0.233 e. The number of amides is 1. The zero-order chi connectivity index (χ0) is 22.3. The molecule has 0 aliphatic heterocycles. The van der Waals surface area contributed by atoms with Crippen molar-refractivity contribution in [2.75, 3.05) is 32.9 Å². The lowest BCUT2D eigenvalue weighted by molar-refractivity contribution is -0.129. The molecule has 1 aromatic carbocycles. The van der Waals surface area contributed by atoms with Gasteiger partial charge < -0.3 is 9.47 Å². The molecule has 0 spiro atoms. The third-order valence-electron chi connectivity index (χ3n) is 4.93. The summed E-state index contributed by atoms with van der Waals surface area (Å²) >= 11 is 1.49. The van der Waals surface area contributed by atoms with Gasteiger partial charge in [-0.2, -0.15) is 0 Å². The Morgan fingerprint density at radius 2 is 1.60 bits per heavy atom. The molecule has 6 nitrogen and oxygen atoms in total. The van der Waals surface area contributed by atoms with Crippen molar-refractivity contribution in [2.24, 2.45) is 11.8 Å². The van der Waals surface area contributed by atoms with E-state index in [9.17, 15) is 4.79 Å². The predicted octanol–water partition coefficient (Wildman–Crippen LogP) is 4.18. The van der Waals surface area contributed by atoms with Crippen LogP contribution in [0.2, 0.25) is 0 Å². The zero-order valence-corrected chi connectivity index (χ0v) is 20.3. The Morgan fingerprint density at radius 3 is 2.13 bits per heavy atom. The lowest BCUT2D eigenvalue weighted by atomic mass is 10.1. The Kier molecular flexibility index (Phi) is 9.37. The topological polar surface area (TPSA) is 54.3 Å². The molecule has 0 unspecified atom stereocenters. The van der Waals surface area contributed by atoms with E-state index in [4.69, 9.17) is 0 Å². The molecule has 166 valence electrons. The van der Waals surface area contributed by atoms with Crippen molar-refractivity contribution in [2.45, 2.75) is 52.4 Å². The third kappa shape index (κ3) is 7.13. The van der Waals surface area contributed by atoms with Crippen LogP contribution in [0.15, 0.2) is 35.5 Å². The van der Waals surface area contributed by atoms with Crippen LogP contribution in [0.4, 0.5) is 0 Å². The van der Waals surface area contributed by atoms with Crippen LogP contribution in [0.25, 0.3) is 0 Å². The molecule has 1 atom stereocenters. The summed E-state index contributed by atoms with van der Waals surface area (Å²) in [5.74, 6) is 2.36. The van der Waals surface area contributed by atoms with Crippen molar-refractivity contribution in [3.05, 3.63) is 41.7 Å². The average Bonchev–Trinajstić information content (AvgIpc) is 3.07. The fraction of sp³-hybridized carbons (Fsp3) is 0.609. The highest BCUT2D eigenvalue weighted by Gasteiger charge is 2.22. The van der Waals surface area contributed by atoms with Gasteiger partial charge in [-0.3, -0.25) is 9.69 Å². The van der Waals surface area contributed by atoms with Crippen molar-refractivity contribution >= 4 is 17.7 Å². The number of carbonyl (C=O) groups excluding carboxylic acids is 1. The summed E-state index contributed by atoms with van der Waals surface area (Å²) in [7, 11) is 4.08. The second kappa shape index (κ2) is 11.5. The Bertz CT molecular complexity index is 778. The van der Waals surface area contributed by atoms with Crippen molar-refractivity contribution in [3.8, 4) is 0 Å². The molecule has 0 N–H and O–H groups in total. The SMILES string of the molecule is CC(C)CN(CC(C)C)C(=O)CSc1nnc([C@@H](C)N(C)C)n1Cc1ccccc1. The summed E-state index contributed by atoms with van der Waals surface area (Å²) in [5.41, 5.74) is 1.19. The van der Waals surface area contributed by atoms with E-state index in [1.807, 2.05) is 37.2 Å². The molecule has 0 fully saturated rings. The van der Waals surface area contributed by atoms with E-state index in [1.165, 1.54) is 17.3 Å². The maximum absolute atomic E-state index is 12.9. The van der Waals surface area contributed by atoms with Crippen molar-refractivity contribution < 1.29 is 4.79 Å². The molecule has 0 bridgehead atoms. The van der Waals surface area contributed by atoms with Gasteiger partial charge in [0.25, 0.3) is 0 Å². The summed E-state index contributed by atoms with van der Waals surface area (Å²) in [6.07, 6.45) is 0.